The van der Waals surface area contributed by atoms with Crippen LogP contribution < -0.4 is 4.74 Å². The van der Waals surface area contributed by atoms with Crippen LogP contribution in [0.3, 0.4) is 0 Å². The lowest BCUT2D eigenvalue weighted by atomic mass is 9.70. The Labute approximate surface area is 181 Å². The topological polar surface area (TPSA) is 104 Å². The van der Waals surface area contributed by atoms with Gasteiger partial charge >= 0.3 is 0 Å². The van der Waals surface area contributed by atoms with Crippen LogP contribution in [0.5, 0.6) is 17.2 Å². The normalized spacial score (nSPS) is 19.3. The number of carbonyl (C=O) groups is 2. The summed E-state index contributed by atoms with van der Waals surface area (Å²) in [6, 6.07) is 4.75. The number of hydrogen-bond acceptors (Lipinski definition) is 6. The zero-order valence-electron chi connectivity index (χ0n) is 18.1. The van der Waals surface area contributed by atoms with E-state index in [0.29, 0.717) is 29.9 Å². The summed E-state index contributed by atoms with van der Waals surface area (Å²) in [6.45, 7) is 4.24. The van der Waals surface area contributed by atoms with Crippen LogP contribution in [0.25, 0.3) is 0 Å². The molecule has 2 aliphatic rings. The van der Waals surface area contributed by atoms with E-state index in [1.54, 1.807) is 12.1 Å². The van der Waals surface area contributed by atoms with Crippen molar-refractivity contribution < 1.29 is 29.6 Å². The van der Waals surface area contributed by atoms with Crippen molar-refractivity contribution in [1.82, 2.24) is 0 Å². The molecule has 31 heavy (non-hydrogen) atoms. The van der Waals surface area contributed by atoms with E-state index in [0.717, 1.165) is 12.8 Å². The number of aliphatic hydroxyl groups excluding tert-OH is 1. The van der Waals surface area contributed by atoms with Crippen molar-refractivity contribution in [2.24, 2.45) is 17.8 Å². The van der Waals surface area contributed by atoms with E-state index in [2.05, 4.69) is 13.8 Å². The lowest BCUT2D eigenvalue weighted by Crippen LogP contribution is -2.31. The number of aliphatic hydroxyl groups is 1. The molecular weight excluding hydrogens is 396 g/mol. The highest BCUT2D eigenvalue weighted by Gasteiger charge is 2.41. The zero-order valence-corrected chi connectivity index (χ0v) is 18.1. The first kappa shape index (κ1) is 21.4. The number of phenols is 2. The second kappa shape index (κ2) is 8.00. The van der Waals surface area contributed by atoms with Gasteiger partial charge in [0.25, 0.3) is 0 Å². The van der Waals surface area contributed by atoms with Crippen molar-refractivity contribution in [1.29, 1.82) is 0 Å². The van der Waals surface area contributed by atoms with Crippen molar-refractivity contribution in [3.05, 3.63) is 51.6 Å². The summed E-state index contributed by atoms with van der Waals surface area (Å²) in [5.74, 6) is -0.699. The van der Waals surface area contributed by atoms with Gasteiger partial charge in [0.2, 0.25) is 5.78 Å². The summed E-state index contributed by atoms with van der Waals surface area (Å²) in [6.07, 6.45) is 2.59. The molecule has 2 aromatic carbocycles. The Kier molecular flexibility index (Phi) is 5.52. The van der Waals surface area contributed by atoms with Gasteiger partial charge in [-0.1, -0.05) is 32.4 Å². The van der Waals surface area contributed by atoms with Gasteiger partial charge in [-0.05, 0) is 43.1 Å². The molecule has 0 amide bonds. The molecule has 0 heterocycles. The summed E-state index contributed by atoms with van der Waals surface area (Å²) in [4.78, 5) is 26.6. The monoisotopic (exact) mass is 424 g/mol. The van der Waals surface area contributed by atoms with Gasteiger partial charge in [0.05, 0.1) is 23.8 Å². The molecule has 0 radical (unpaired) electrons. The van der Waals surface area contributed by atoms with E-state index in [4.69, 9.17) is 4.74 Å². The third-order valence-electron chi connectivity index (χ3n) is 7.25. The average Bonchev–Trinajstić information content (AvgIpc) is 2.79. The van der Waals surface area contributed by atoms with Gasteiger partial charge in [0.1, 0.15) is 17.2 Å². The molecule has 2 aliphatic carbocycles. The maximum absolute atomic E-state index is 13.3. The Balaban J connectivity index is 1.86. The first-order valence-electron chi connectivity index (χ1n) is 10.8. The fourth-order valence-electron chi connectivity index (χ4n) is 5.30. The van der Waals surface area contributed by atoms with E-state index < -0.39 is 11.6 Å². The summed E-state index contributed by atoms with van der Waals surface area (Å²) in [5.41, 5.74) is 1.04. The molecule has 0 bridgehead atoms. The average molecular weight is 424 g/mol. The van der Waals surface area contributed by atoms with Crippen molar-refractivity contribution in [3.63, 3.8) is 0 Å². The minimum atomic E-state index is -0.521. The minimum absolute atomic E-state index is 0.0529. The molecule has 0 aliphatic heterocycles. The van der Waals surface area contributed by atoms with Crippen LogP contribution in [0.2, 0.25) is 0 Å². The summed E-state index contributed by atoms with van der Waals surface area (Å²) < 4.78 is 5.27. The molecule has 0 saturated heterocycles. The number of rotatable bonds is 5. The first-order valence-corrected chi connectivity index (χ1v) is 10.8. The van der Waals surface area contributed by atoms with Gasteiger partial charge in [0.15, 0.2) is 5.78 Å². The largest absolute Gasteiger partial charge is 0.507 e. The molecule has 164 valence electrons. The third-order valence-corrected chi connectivity index (χ3v) is 7.25. The van der Waals surface area contributed by atoms with Gasteiger partial charge in [0, 0.05) is 23.3 Å². The summed E-state index contributed by atoms with van der Waals surface area (Å²) >= 11 is 0. The Morgan fingerprint density at radius 3 is 2.39 bits per heavy atom. The number of methoxy groups -OCH3 is 1. The van der Waals surface area contributed by atoms with E-state index in [1.165, 1.54) is 13.2 Å². The number of benzene rings is 2. The van der Waals surface area contributed by atoms with Crippen LogP contribution in [0.15, 0.2) is 18.2 Å². The molecule has 6 heteroatoms. The molecule has 3 atom stereocenters. The number of carbonyl (C=O) groups excluding carboxylic acids is 2. The molecule has 6 nitrogen and oxygen atoms in total. The van der Waals surface area contributed by atoms with Crippen molar-refractivity contribution >= 4 is 11.6 Å². The molecule has 0 saturated carbocycles. The second-order valence-corrected chi connectivity index (χ2v) is 8.68. The molecule has 2 unspecified atom stereocenters. The number of phenolic OH excluding ortho intramolecular Hbond substituents is 2. The van der Waals surface area contributed by atoms with E-state index in [9.17, 15) is 24.9 Å². The Hall–Kier alpha value is -2.86. The third kappa shape index (κ3) is 3.12. The van der Waals surface area contributed by atoms with Crippen LogP contribution in [-0.2, 0) is 12.8 Å². The zero-order chi connectivity index (χ0) is 22.4. The molecule has 4 rings (SSSR count). The fraction of sp³-hybridized carbons (Fsp3) is 0.440. The Bertz CT molecular complexity index is 1070. The SMILES string of the molecule is CC[C@H](C)C(CO)C1CCc2c(O)c3c(c(O)c2C1)C(=O)c1cccc(OC)c1C3=O. The van der Waals surface area contributed by atoms with Crippen molar-refractivity contribution in [2.45, 2.75) is 39.5 Å². The predicted octanol–water partition coefficient (Wildman–Crippen LogP) is 3.64. The summed E-state index contributed by atoms with van der Waals surface area (Å²) in [5, 5.41) is 32.1. The predicted molar refractivity (Wildman–Crippen MR) is 115 cm³/mol. The minimum Gasteiger partial charge on any atom is -0.507 e. The van der Waals surface area contributed by atoms with Crippen LogP contribution >= 0.6 is 0 Å². The van der Waals surface area contributed by atoms with Crippen LogP contribution in [0.4, 0.5) is 0 Å². The lowest BCUT2D eigenvalue weighted by Gasteiger charge is -2.35. The van der Waals surface area contributed by atoms with Gasteiger partial charge < -0.3 is 20.1 Å². The van der Waals surface area contributed by atoms with Crippen LogP contribution in [0, 0.1) is 17.8 Å². The molecule has 0 spiro atoms. The molecular formula is C25H28O6. The van der Waals surface area contributed by atoms with Gasteiger partial charge in [-0.25, -0.2) is 0 Å². The van der Waals surface area contributed by atoms with Crippen LogP contribution in [-0.4, -0.2) is 40.6 Å². The second-order valence-electron chi connectivity index (χ2n) is 8.68. The van der Waals surface area contributed by atoms with Crippen molar-refractivity contribution in [3.8, 4) is 17.2 Å². The maximum atomic E-state index is 13.3. The Morgan fingerprint density at radius 1 is 1.06 bits per heavy atom. The highest BCUT2D eigenvalue weighted by molar-refractivity contribution is 6.31. The van der Waals surface area contributed by atoms with Crippen LogP contribution in [0.1, 0.15) is 69.7 Å². The van der Waals surface area contributed by atoms with Gasteiger partial charge in [-0.3, -0.25) is 9.59 Å². The quantitative estimate of drug-likeness (QED) is 0.540. The highest BCUT2D eigenvalue weighted by Crippen LogP contribution is 2.48. The number of fused-ring (bicyclic) bond motifs is 3. The van der Waals surface area contributed by atoms with E-state index in [-0.39, 0.29) is 57.9 Å². The standard InChI is InChI=1S/C25H28O6/c1-4-12(2)17(11-26)13-8-9-14-16(10-13)24(29)20-21(22(14)27)25(30)19-15(23(20)28)6-5-7-18(19)31-3/h5-7,12-13,17,26-27,29H,4,8-11H2,1-3H3/t12-,13?,17?/m0/s1. The number of hydrogen-bond donors (Lipinski definition) is 3. The molecule has 3 N–H and O–H groups in total. The highest BCUT2D eigenvalue weighted by atomic mass is 16.5. The fourth-order valence-corrected chi connectivity index (χ4v) is 5.30. The Morgan fingerprint density at radius 2 is 1.74 bits per heavy atom. The van der Waals surface area contributed by atoms with E-state index in [1.807, 2.05) is 0 Å². The molecule has 2 aromatic rings. The van der Waals surface area contributed by atoms with E-state index >= 15 is 0 Å². The number of ketones is 2. The summed E-state index contributed by atoms with van der Waals surface area (Å²) in [7, 11) is 1.42. The first-order chi connectivity index (χ1) is 14.8. The van der Waals surface area contributed by atoms with Gasteiger partial charge in [-0.2, -0.15) is 0 Å². The number of aromatic hydroxyl groups is 2. The molecule has 0 fully saturated rings. The lowest BCUT2D eigenvalue weighted by molar-refractivity contribution is 0.0969. The maximum Gasteiger partial charge on any atom is 0.202 e. The van der Waals surface area contributed by atoms with Crippen molar-refractivity contribution in [2.75, 3.05) is 13.7 Å². The number of ether oxygens (including phenoxy) is 1. The van der Waals surface area contributed by atoms with Gasteiger partial charge in [-0.15, -0.1) is 0 Å². The molecule has 0 aromatic heterocycles. The smallest absolute Gasteiger partial charge is 0.202 e.